The number of halogens is 1. The number of hydrogen-bond acceptors (Lipinski definition) is 2. The van der Waals surface area contributed by atoms with Crippen LogP contribution in [0.1, 0.15) is 45.2 Å². The van der Waals surface area contributed by atoms with E-state index in [0.717, 1.165) is 23.9 Å². The summed E-state index contributed by atoms with van der Waals surface area (Å²) in [6.45, 7) is 7.51. The lowest BCUT2D eigenvalue weighted by Crippen LogP contribution is -2.44. The minimum Gasteiger partial charge on any atom is -0.335 e. The molecule has 1 heterocycles. The molecule has 1 amide bonds. The molecule has 1 N–H and O–H groups in total. The summed E-state index contributed by atoms with van der Waals surface area (Å²) in [4.78, 5) is 14.4. The number of amides is 1. The van der Waals surface area contributed by atoms with E-state index in [1.54, 1.807) is 0 Å². The first-order chi connectivity index (χ1) is 9.37. The summed E-state index contributed by atoms with van der Waals surface area (Å²) in [5, 5.41) is 3.28. The topological polar surface area (TPSA) is 32.3 Å². The molecule has 1 fully saturated rings. The molecular weight excluding hydrogens is 316 g/mol. The summed E-state index contributed by atoms with van der Waals surface area (Å²) in [7, 11) is 0. The van der Waals surface area contributed by atoms with Crippen molar-refractivity contribution in [3.63, 3.8) is 0 Å². The van der Waals surface area contributed by atoms with E-state index >= 15 is 0 Å². The van der Waals surface area contributed by atoms with Gasteiger partial charge in [-0.05, 0) is 51.3 Å². The van der Waals surface area contributed by atoms with Crippen LogP contribution in [0.4, 0.5) is 0 Å². The van der Waals surface area contributed by atoms with Crippen molar-refractivity contribution in [2.75, 3.05) is 13.1 Å². The molecule has 4 heteroatoms. The van der Waals surface area contributed by atoms with Crippen molar-refractivity contribution in [1.29, 1.82) is 0 Å². The van der Waals surface area contributed by atoms with Crippen molar-refractivity contribution < 1.29 is 4.79 Å². The summed E-state index contributed by atoms with van der Waals surface area (Å²) >= 11 is 3.51. The second-order valence-corrected chi connectivity index (χ2v) is 7.32. The number of carbonyl (C=O) groups is 1. The summed E-state index contributed by atoms with van der Waals surface area (Å²) in [5.41, 5.74) is 1.20. The highest BCUT2D eigenvalue weighted by atomic mass is 79.9. The van der Waals surface area contributed by atoms with Crippen LogP contribution in [0.3, 0.4) is 0 Å². The SMILES string of the molecule is CC(C)(C)NCC(=O)N1CCCC1c1cccc(Br)c1. The maximum Gasteiger partial charge on any atom is 0.237 e. The molecule has 1 unspecified atom stereocenters. The summed E-state index contributed by atoms with van der Waals surface area (Å²) in [6.07, 6.45) is 2.14. The van der Waals surface area contributed by atoms with E-state index in [0.29, 0.717) is 6.54 Å². The van der Waals surface area contributed by atoms with E-state index < -0.39 is 0 Å². The molecule has 2 rings (SSSR count). The Balaban J connectivity index is 2.05. The maximum absolute atomic E-state index is 12.4. The largest absolute Gasteiger partial charge is 0.335 e. The van der Waals surface area contributed by atoms with Crippen LogP contribution in [0.5, 0.6) is 0 Å². The number of nitrogens with zero attached hydrogens (tertiary/aromatic N) is 1. The Labute approximate surface area is 129 Å². The van der Waals surface area contributed by atoms with E-state index in [1.807, 2.05) is 17.0 Å². The molecule has 1 atom stereocenters. The number of benzene rings is 1. The molecule has 0 saturated carbocycles. The Morgan fingerprint density at radius 1 is 1.45 bits per heavy atom. The zero-order chi connectivity index (χ0) is 14.8. The first-order valence-corrected chi connectivity index (χ1v) is 7.96. The second-order valence-electron chi connectivity index (χ2n) is 6.40. The minimum absolute atomic E-state index is 0.0271. The van der Waals surface area contributed by atoms with E-state index in [4.69, 9.17) is 0 Å². The molecule has 0 aromatic heterocycles. The summed E-state index contributed by atoms with van der Waals surface area (Å²) < 4.78 is 1.07. The Morgan fingerprint density at radius 2 is 2.20 bits per heavy atom. The Kier molecular flexibility index (Phi) is 4.86. The molecule has 0 spiro atoms. The molecule has 0 aliphatic carbocycles. The predicted molar refractivity (Wildman–Crippen MR) is 85.6 cm³/mol. The van der Waals surface area contributed by atoms with Crippen LogP contribution in [0.15, 0.2) is 28.7 Å². The van der Waals surface area contributed by atoms with Gasteiger partial charge in [-0.3, -0.25) is 4.79 Å². The second kappa shape index (κ2) is 6.27. The predicted octanol–water partition coefficient (Wildman–Crippen LogP) is 3.50. The fourth-order valence-corrected chi connectivity index (χ4v) is 2.98. The fraction of sp³-hybridized carbons (Fsp3) is 0.562. The lowest BCUT2D eigenvalue weighted by atomic mass is 10.0. The van der Waals surface area contributed by atoms with Crippen molar-refractivity contribution in [2.45, 2.75) is 45.2 Å². The molecule has 0 bridgehead atoms. The van der Waals surface area contributed by atoms with Gasteiger partial charge in [-0.25, -0.2) is 0 Å². The van der Waals surface area contributed by atoms with Crippen LogP contribution in [0.25, 0.3) is 0 Å². The van der Waals surface area contributed by atoms with E-state index in [1.165, 1.54) is 5.56 Å². The van der Waals surface area contributed by atoms with Crippen LogP contribution in [0.2, 0.25) is 0 Å². The number of carbonyl (C=O) groups excluding carboxylic acids is 1. The van der Waals surface area contributed by atoms with Gasteiger partial charge in [0.1, 0.15) is 0 Å². The average molecular weight is 339 g/mol. The third kappa shape index (κ3) is 4.06. The van der Waals surface area contributed by atoms with Gasteiger partial charge in [0.25, 0.3) is 0 Å². The van der Waals surface area contributed by atoms with Gasteiger partial charge in [0.05, 0.1) is 12.6 Å². The number of hydrogen-bond donors (Lipinski definition) is 1. The van der Waals surface area contributed by atoms with Crippen molar-refractivity contribution in [3.05, 3.63) is 34.3 Å². The molecule has 1 aliphatic rings. The standard InChI is InChI=1S/C16H23BrN2O/c1-16(2,3)18-11-15(20)19-9-5-8-14(19)12-6-4-7-13(17)10-12/h4,6-7,10,14,18H,5,8-9,11H2,1-3H3. The Bertz CT molecular complexity index is 482. The van der Waals surface area contributed by atoms with Gasteiger partial charge < -0.3 is 10.2 Å². The Morgan fingerprint density at radius 3 is 2.85 bits per heavy atom. The highest BCUT2D eigenvalue weighted by Gasteiger charge is 2.30. The zero-order valence-electron chi connectivity index (χ0n) is 12.4. The fourth-order valence-electron chi connectivity index (χ4n) is 2.57. The summed E-state index contributed by atoms with van der Waals surface area (Å²) in [5.74, 6) is 0.197. The number of likely N-dealkylation sites (tertiary alicyclic amines) is 1. The van der Waals surface area contributed by atoms with Gasteiger partial charge in [0.2, 0.25) is 5.91 Å². The summed E-state index contributed by atoms with van der Waals surface area (Å²) in [6, 6.07) is 8.51. The zero-order valence-corrected chi connectivity index (χ0v) is 14.0. The molecule has 110 valence electrons. The van der Waals surface area contributed by atoms with Gasteiger partial charge in [-0.1, -0.05) is 28.1 Å². The molecule has 20 heavy (non-hydrogen) atoms. The highest BCUT2D eigenvalue weighted by molar-refractivity contribution is 9.10. The average Bonchev–Trinajstić information content (AvgIpc) is 2.84. The van der Waals surface area contributed by atoms with Crippen LogP contribution in [-0.2, 0) is 4.79 Å². The minimum atomic E-state index is -0.0271. The monoisotopic (exact) mass is 338 g/mol. The van der Waals surface area contributed by atoms with Crippen molar-refractivity contribution in [3.8, 4) is 0 Å². The van der Waals surface area contributed by atoms with Crippen molar-refractivity contribution in [1.82, 2.24) is 10.2 Å². The molecule has 1 aromatic carbocycles. The first-order valence-electron chi connectivity index (χ1n) is 7.17. The van der Waals surface area contributed by atoms with E-state index in [2.05, 4.69) is 54.2 Å². The van der Waals surface area contributed by atoms with Crippen LogP contribution in [-0.4, -0.2) is 29.4 Å². The molecule has 1 aromatic rings. The van der Waals surface area contributed by atoms with Crippen LogP contribution in [0, 0.1) is 0 Å². The molecule has 1 aliphatic heterocycles. The molecule has 3 nitrogen and oxygen atoms in total. The molecular formula is C16H23BrN2O. The molecule has 1 saturated heterocycles. The third-order valence-electron chi connectivity index (χ3n) is 3.58. The lowest BCUT2D eigenvalue weighted by molar-refractivity contribution is -0.131. The third-order valence-corrected chi connectivity index (χ3v) is 4.07. The number of nitrogens with one attached hydrogen (secondary N) is 1. The van der Waals surface area contributed by atoms with E-state index in [9.17, 15) is 4.79 Å². The van der Waals surface area contributed by atoms with E-state index in [-0.39, 0.29) is 17.5 Å². The van der Waals surface area contributed by atoms with Gasteiger partial charge in [0, 0.05) is 16.6 Å². The van der Waals surface area contributed by atoms with Crippen LogP contribution >= 0.6 is 15.9 Å². The van der Waals surface area contributed by atoms with Gasteiger partial charge >= 0.3 is 0 Å². The van der Waals surface area contributed by atoms with Gasteiger partial charge in [-0.15, -0.1) is 0 Å². The quantitative estimate of drug-likeness (QED) is 0.914. The van der Waals surface area contributed by atoms with Crippen molar-refractivity contribution >= 4 is 21.8 Å². The van der Waals surface area contributed by atoms with Gasteiger partial charge in [0.15, 0.2) is 0 Å². The first kappa shape index (κ1) is 15.5. The maximum atomic E-state index is 12.4. The normalized spacial score (nSPS) is 19.4. The van der Waals surface area contributed by atoms with Crippen molar-refractivity contribution in [2.24, 2.45) is 0 Å². The van der Waals surface area contributed by atoms with Crippen LogP contribution < -0.4 is 5.32 Å². The Hall–Kier alpha value is -0.870. The lowest BCUT2D eigenvalue weighted by Gasteiger charge is -2.28. The smallest absolute Gasteiger partial charge is 0.237 e. The van der Waals surface area contributed by atoms with Gasteiger partial charge in [-0.2, -0.15) is 0 Å². The number of rotatable bonds is 3. The highest BCUT2D eigenvalue weighted by Crippen LogP contribution is 2.32. The molecule has 0 radical (unpaired) electrons.